The molecule has 0 fully saturated rings. The number of hydrogen-bond donors (Lipinski definition) is 0. The normalized spacial score (nSPS) is 13.2. The largest absolute Gasteiger partial charge is 0.0985 e. The Morgan fingerprint density at radius 1 is 0.312 bits per heavy atom. The molecule has 48 heavy (non-hydrogen) atoms. The fourth-order valence-corrected chi connectivity index (χ4v) is 5.54. The molecule has 0 atom stereocenters. The van der Waals surface area contributed by atoms with Gasteiger partial charge in [-0.05, 0) is 101 Å². The lowest BCUT2D eigenvalue weighted by molar-refractivity contribution is 0.568. The molecule has 0 aliphatic heterocycles. The highest BCUT2D eigenvalue weighted by Crippen LogP contribution is 2.33. The van der Waals surface area contributed by atoms with E-state index in [-0.39, 0.29) is 21.7 Å². The molecule has 4 aromatic carbocycles. The quantitative estimate of drug-likeness (QED) is 0.177. The zero-order valence-corrected chi connectivity index (χ0v) is 31.8. The lowest BCUT2D eigenvalue weighted by Crippen LogP contribution is -2.16. The number of rotatable bonds is 7. The molecule has 0 radical (unpaired) electrons. The molecule has 0 bridgehead atoms. The predicted octanol–water partition coefficient (Wildman–Crippen LogP) is 14.0. The van der Waals surface area contributed by atoms with Gasteiger partial charge in [-0.1, -0.05) is 193 Å². The zero-order chi connectivity index (χ0) is 35.5. The third-order valence-electron chi connectivity index (χ3n) is 8.95. The molecule has 0 amide bonds. The van der Waals surface area contributed by atoms with Crippen molar-refractivity contribution in [1.29, 1.82) is 0 Å². The first-order chi connectivity index (χ1) is 22.2. The summed E-state index contributed by atoms with van der Waals surface area (Å²) in [4.78, 5) is 0. The van der Waals surface area contributed by atoms with Crippen molar-refractivity contribution in [2.24, 2.45) is 0 Å². The third kappa shape index (κ3) is 10.2. The molecular formula is C48H58. The smallest absolute Gasteiger partial charge is 0.0132 e. The summed E-state index contributed by atoms with van der Waals surface area (Å²) in [5.41, 5.74) is 14.1. The molecule has 0 heterocycles. The maximum atomic E-state index is 3.89. The molecule has 0 aliphatic carbocycles. The molecule has 0 saturated carbocycles. The summed E-state index contributed by atoms with van der Waals surface area (Å²) in [5.74, 6) is 0. The van der Waals surface area contributed by atoms with Crippen molar-refractivity contribution in [3.63, 3.8) is 0 Å². The summed E-state index contributed by atoms with van der Waals surface area (Å²) in [6.45, 7) is 31.4. The fourth-order valence-electron chi connectivity index (χ4n) is 5.54. The van der Waals surface area contributed by atoms with E-state index in [0.717, 1.165) is 5.56 Å². The minimum absolute atomic E-state index is 0.0769. The van der Waals surface area contributed by atoms with Crippen molar-refractivity contribution < 1.29 is 0 Å². The van der Waals surface area contributed by atoms with Gasteiger partial charge in [-0.25, -0.2) is 0 Å². The van der Waals surface area contributed by atoms with Crippen molar-refractivity contribution in [2.45, 2.75) is 105 Å². The average Bonchev–Trinajstić information content (AvgIpc) is 3.00. The highest BCUT2D eigenvalue weighted by molar-refractivity contribution is 5.79. The Labute approximate surface area is 293 Å². The molecule has 0 unspecified atom stereocenters. The van der Waals surface area contributed by atoms with Crippen molar-refractivity contribution >= 4 is 42.5 Å². The van der Waals surface area contributed by atoms with E-state index in [1.54, 1.807) is 0 Å². The fraction of sp³-hybridized carbons (Fsp3) is 0.333. The van der Waals surface area contributed by atoms with E-state index in [1.165, 1.54) is 55.6 Å². The Morgan fingerprint density at radius 2 is 0.542 bits per heavy atom. The van der Waals surface area contributed by atoms with Gasteiger partial charge in [-0.3, -0.25) is 0 Å². The van der Waals surface area contributed by atoms with Crippen molar-refractivity contribution in [3.05, 3.63) is 147 Å². The Morgan fingerprint density at radius 3 is 0.792 bits per heavy atom. The topological polar surface area (TPSA) is 0 Å². The van der Waals surface area contributed by atoms with E-state index in [9.17, 15) is 0 Å². The highest BCUT2D eigenvalue weighted by atomic mass is 14.3. The molecule has 4 rings (SSSR count). The van der Waals surface area contributed by atoms with Gasteiger partial charge in [-0.2, -0.15) is 0 Å². The summed E-state index contributed by atoms with van der Waals surface area (Å²) in [7, 11) is 0. The van der Waals surface area contributed by atoms with E-state index >= 15 is 0 Å². The van der Waals surface area contributed by atoms with Crippen LogP contribution in [0.1, 0.15) is 144 Å². The molecule has 0 aliphatic rings. The van der Waals surface area contributed by atoms with Gasteiger partial charge in [0, 0.05) is 0 Å². The van der Waals surface area contributed by atoms with Crippen LogP contribution >= 0.6 is 0 Å². The first-order valence-electron chi connectivity index (χ1n) is 17.4. The van der Waals surface area contributed by atoms with E-state index in [0.29, 0.717) is 0 Å². The average molecular weight is 635 g/mol. The second-order valence-electron chi connectivity index (χ2n) is 17.5. The first-order valence-corrected chi connectivity index (χ1v) is 17.4. The molecule has 0 spiro atoms. The lowest BCUT2D eigenvalue weighted by atomic mass is 9.79. The minimum Gasteiger partial charge on any atom is -0.0985 e. The number of hydrogen-bond acceptors (Lipinski definition) is 0. The summed E-state index contributed by atoms with van der Waals surface area (Å²) in [6, 6.07) is 29.5. The van der Waals surface area contributed by atoms with Crippen LogP contribution in [0.3, 0.4) is 0 Å². The van der Waals surface area contributed by atoms with Crippen molar-refractivity contribution in [3.8, 4) is 0 Å². The second kappa shape index (κ2) is 14.1. The monoisotopic (exact) mass is 634 g/mol. The van der Waals surface area contributed by atoms with Gasteiger partial charge in [0.05, 0.1) is 0 Å². The zero-order valence-electron chi connectivity index (χ0n) is 31.8. The van der Waals surface area contributed by atoms with E-state index < -0.39 is 0 Å². The van der Waals surface area contributed by atoms with Crippen LogP contribution in [0.2, 0.25) is 0 Å². The predicted molar refractivity (Wildman–Crippen MR) is 217 cm³/mol. The molecule has 4 aromatic rings. The Bertz CT molecular complexity index is 1650. The summed E-state index contributed by atoms with van der Waals surface area (Å²) in [5, 5.41) is 0. The molecule has 0 N–H and O–H groups in total. The van der Waals surface area contributed by atoms with Crippen LogP contribution < -0.4 is 0 Å². The molecule has 0 heteroatoms. The standard InChI is InChI=1S/C48H58/c1-14-34-15-17-35(18-16-34)19-20-36-25-37(21-23-39-28-41(45(2,3)4)32-42(29-39)46(5,6)7)27-38(26-36)22-24-40-30-43(47(8,9)10)33-44(31-40)48(11,12)13/h14-33H,1H2,2-13H3. The van der Waals surface area contributed by atoms with Gasteiger partial charge in [-0.15, -0.1) is 0 Å². The maximum absolute atomic E-state index is 3.89. The Balaban J connectivity index is 1.79. The van der Waals surface area contributed by atoms with Crippen LogP contribution in [0.25, 0.3) is 42.5 Å². The van der Waals surface area contributed by atoms with Crippen LogP contribution in [0.5, 0.6) is 0 Å². The van der Waals surface area contributed by atoms with Gasteiger partial charge >= 0.3 is 0 Å². The molecule has 0 nitrogen and oxygen atoms in total. The maximum Gasteiger partial charge on any atom is -0.0132 e. The summed E-state index contributed by atoms with van der Waals surface area (Å²) >= 11 is 0. The molecule has 0 aromatic heterocycles. The van der Waals surface area contributed by atoms with Crippen LogP contribution in [0.4, 0.5) is 0 Å². The van der Waals surface area contributed by atoms with Gasteiger partial charge in [0.25, 0.3) is 0 Å². The summed E-state index contributed by atoms with van der Waals surface area (Å²) < 4.78 is 0. The molecular weight excluding hydrogens is 577 g/mol. The SMILES string of the molecule is C=Cc1ccc(C=Cc2cc(C=Cc3cc(C(C)(C)C)cc(C(C)(C)C)c3)cc(C=Cc3cc(C(C)(C)C)cc(C(C)(C)C)c3)c2)cc1. The Hall–Kier alpha value is -4.16. The van der Waals surface area contributed by atoms with E-state index in [2.05, 4.69) is 205 Å². The van der Waals surface area contributed by atoms with Gasteiger partial charge in [0.1, 0.15) is 0 Å². The van der Waals surface area contributed by atoms with Crippen LogP contribution in [0, 0.1) is 0 Å². The van der Waals surface area contributed by atoms with Gasteiger partial charge in [0.2, 0.25) is 0 Å². The van der Waals surface area contributed by atoms with Crippen LogP contribution in [-0.2, 0) is 21.7 Å². The van der Waals surface area contributed by atoms with E-state index in [4.69, 9.17) is 0 Å². The summed E-state index contributed by atoms with van der Waals surface area (Å²) in [6.07, 6.45) is 15.4. The highest BCUT2D eigenvalue weighted by Gasteiger charge is 2.21. The van der Waals surface area contributed by atoms with Crippen molar-refractivity contribution in [2.75, 3.05) is 0 Å². The lowest BCUT2D eigenvalue weighted by Gasteiger charge is -2.25. The number of benzene rings is 4. The Kier molecular flexibility index (Phi) is 10.8. The molecule has 250 valence electrons. The van der Waals surface area contributed by atoms with Gasteiger partial charge in [0.15, 0.2) is 0 Å². The van der Waals surface area contributed by atoms with Crippen LogP contribution in [-0.4, -0.2) is 0 Å². The van der Waals surface area contributed by atoms with Crippen LogP contribution in [0.15, 0.2) is 85.4 Å². The van der Waals surface area contributed by atoms with E-state index in [1.807, 2.05) is 6.08 Å². The first kappa shape index (κ1) is 36.7. The van der Waals surface area contributed by atoms with Gasteiger partial charge < -0.3 is 0 Å². The molecule has 0 saturated heterocycles. The van der Waals surface area contributed by atoms with Crippen molar-refractivity contribution in [1.82, 2.24) is 0 Å². The minimum atomic E-state index is 0.0769. The second-order valence-corrected chi connectivity index (χ2v) is 17.5. The third-order valence-corrected chi connectivity index (χ3v) is 8.95.